The third-order valence-corrected chi connectivity index (χ3v) is 2.97. The maximum atomic E-state index is 5.75. The van der Waals surface area contributed by atoms with Gasteiger partial charge in [0.15, 0.2) is 0 Å². The number of aromatic nitrogens is 1. The minimum atomic E-state index is 0.759. The van der Waals surface area contributed by atoms with Crippen LogP contribution in [0.5, 0.6) is 0 Å². The molecule has 0 unspecified atom stereocenters. The third kappa shape index (κ3) is 2.85. The first-order chi connectivity index (χ1) is 7.36. The summed E-state index contributed by atoms with van der Waals surface area (Å²) in [5.41, 5.74) is 7.68. The largest absolute Gasteiger partial charge is 0.397 e. The van der Waals surface area contributed by atoms with Crippen molar-refractivity contribution in [3.05, 3.63) is 18.5 Å². The Kier molecular flexibility index (Phi) is 3.43. The summed E-state index contributed by atoms with van der Waals surface area (Å²) in [6, 6.07) is 2.02. The van der Waals surface area contributed by atoms with E-state index in [2.05, 4.69) is 9.88 Å². The van der Waals surface area contributed by atoms with Crippen LogP contribution in [0.25, 0.3) is 0 Å². The molecule has 0 radical (unpaired) electrons. The Morgan fingerprint density at radius 1 is 1.00 bits per heavy atom. The van der Waals surface area contributed by atoms with Crippen LogP contribution in [0.1, 0.15) is 32.1 Å². The van der Waals surface area contributed by atoms with E-state index in [1.54, 1.807) is 6.20 Å². The Morgan fingerprint density at radius 3 is 2.33 bits per heavy atom. The smallest absolute Gasteiger partial charge is 0.0573 e. The lowest BCUT2D eigenvalue weighted by Gasteiger charge is -2.26. The lowest BCUT2D eigenvalue weighted by Crippen LogP contribution is -2.27. The number of rotatable bonds is 1. The Morgan fingerprint density at radius 2 is 1.67 bits per heavy atom. The molecule has 2 rings (SSSR count). The van der Waals surface area contributed by atoms with Gasteiger partial charge in [-0.15, -0.1) is 0 Å². The Balaban J connectivity index is 2.06. The molecule has 0 aliphatic carbocycles. The van der Waals surface area contributed by atoms with Gasteiger partial charge in [-0.3, -0.25) is 4.98 Å². The fraction of sp³-hybridized carbons (Fsp3) is 0.583. The van der Waals surface area contributed by atoms with Crippen LogP contribution in [0.3, 0.4) is 0 Å². The van der Waals surface area contributed by atoms with Gasteiger partial charge in [0.05, 0.1) is 17.6 Å². The molecule has 1 aliphatic rings. The lowest BCUT2D eigenvalue weighted by molar-refractivity contribution is 0.556. The molecule has 82 valence electrons. The van der Waals surface area contributed by atoms with Crippen LogP contribution >= 0.6 is 0 Å². The fourth-order valence-corrected chi connectivity index (χ4v) is 2.12. The van der Waals surface area contributed by atoms with E-state index in [9.17, 15) is 0 Å². The van der Waals surface area contributed by atoms with Gasteiger partial charge in [-0.25, -0.2) is 0 Å². The quantitative estimate of drug-likeness (QED) is 0.765. The van der Waals surface area contributed by atoms with Crippen molar-refractivity contribution < 1.29 is 0 Å². The van der Waals surface area contributed by atoms with E-state index in [1.807, 2.05) is 12.3 Å². The predicted octanol–water partition coefficient (Wildman–Crippen LogP) is 2.43. The zero-order valence-corrected chi connectivity index (χ0v) is 9.15. The minimum absolute atomic E-state index is 0.759. The van der Waals surface area contributed by atoms with Crippen LogP contribution in [0, 0.1) is 0 Å². The van der Waals surface area contributed by atoms with Gasteiger partial charge in [0, 0.05) is 19.3 Å². The molecular formula is C12H19N3. The van der Waals surface area contributed by atoms with Crippen LogP contribution in [0.2, 0.25) is 0 Å². The van der Waals surface area contributed by atoms with Crippen LogP contribution in [-0.2, 0) is 0 Å². The maximum absolute atomic E-state index is 5.75. The second-order valence-electron chi connectivity index (χ2n) is 4.23. The summed E-state index contributed by atoms with van der Waals surface area (Å²) >= 11 is 0. The number of nitrogens with two attached hydrogens (primary N) is 1. The van der Waals surface area contributed by atoms with E-state index >= 15 is 0 Å². The molecule has 0 spiro atoms. The standard InChI is InChI=1S/C12H19N3/c13-11-8-12(10-14-9-11)15-6-4-2-1-3-5-7-15/h8-10H,1-7,13H2. The second-order valence-corrected chi connectivity index (χ2v) is 4.23. The normalized spacial score (nSPS) is 18.3. The SMILES string of the molecule is Nc1cncc(N2CCCCCCC2)c1. The van der Waals surface area contributed by atoms with E-state index in [-0.39, 0.29) is 0 Å². The average Bonchev–Trinajstić information content (AvgIpc) is 2.16. The van der Waals surface area contributed by atoms with Gasteiger partial charge in [0.25, 0.3) is 0 Å². The highest BCUT2D eigenvalue weighted by molar-refractivity contribution is 5.53. The van der Waals surface area contributed by atoms with Crippen LogP contribution < -0.4 is 10.6 Å². The lowest BCUT2D eigenvalue weighted by atomic mass is 10.1. The molecular weight excluding hydrogens is 186 g/mol. The summed E-state index contributed by atoms with van der Waals surface area (Å²) in [5.74, 6) is 0. The van der Waals surface area contributed by atoms with Crippen molar-refractivity contribution in [1.29, 1.82) is 0 Å². The summed E-state index contributed by atoms with van der Waals surface area (Å²) in [6.07, 6.45) is 10.3. The maximum Gasteiger partial charge on any atom is 0.0573 e. The van der Waals surface area contributed by atoms with Gasteiger partial charge in [0.2, 0.25) is 0 Å². The first-order valence-electron chi connectivity index (χ1n) is 5.82. The summed E-state index contributed by atoms with van der Waals surface area (Å²) in [5, 5.41) is 0. The molecule has 0 aromatic carbocycles. The fourth-order valence-electron chi connectivity index (χ4n) is 2.12. The van der Waals surface area contributed by atoms with E-state index in [0.29, 0.717) is 0 Å². The molecule has 3 heteroatoms. The zero-order chi connectivity index (χ0) is 10.5. The van der Waals surface area contributed by atoms with Crippen molar-refractivity contribution in [2.45, 2.75) is 32.1 Å². The summed E-state index contributed by atoms with van der Waals surface area (Å²) in [4.78, 5) is 6.55. The van der Waals surface area contributed by atoms with Gasteiger partial charge >= 0.3 is 0 Å². The zero-order valence-electron chi connectivity index (χ0n) is 9.15. The topological polar surface area (TPSA) is 42.1 Å². The molecule has 2 heterocycles. The Bertz CT molecular complexity index is 303. The molecule has 1 aromatic heterocycles. The van der Waals surface area contributed by atoms with Gasteiger partial charge in [-0.05, 0) is 18.9 Å². The van der Waals surface area contributed by atoms with Crippen LogP contribution in [0.4, 0.5) is 11.4 Å². The van der Waals surface area contributed by atoms with Gasteiger partial charge in [-0.1, -0.05) is 19.3 Å². The second kappa shape index (κ2) is 5.01. The minimum Gasteiger partial charge on any atom is -0.397 e. The first kappa shape index (κ1) is 10.3. The number of pyridine rings is 1. The molecule has 3 nitrogen and oxygen atoms in total. The summed E-state index contributed by atoms with van der Waals surface area (Å²) in [6.45, 7) is 2.29. The molecule has 1 aromatic rings. The van der Waals surface area contributed by atoms with Gasteiger partial charge < -0.3 is 10.6 Å². The van der Waals surface area contributed by atoms with Gasteiger partial charge in [0.1, 0.15) is 0 Å². The molecule has 1 aliphatic heterocycles. The molecule has 15 heavy (non-hydrogen) atoms. The highest BCUT2D eigenvalue weighted by Gasteiger charge is 2.09. The van der Waals surface area contributed by atoms with Crippen molar-refractivity contribution in [3.63, 3.8) is 0 Å². The van der Waals surface area contributed by atoms with Crippen molar-refractivity contribution in [2.75, 3.05) is 23.7 Å². The number of hydrogen-bond donors (Lipinski definition) is 1. The molecule has 1 fully saturated rings. The van der Waals surface area contributed by atoms with Crippen LogP contribution in [0.15, 0.2) is 18.5 Å². The molecule has 0 bridgehead atoms. The Labute approximate surface area is 91.3 Å². The third-order valence-electron chi connectivity index (χ3n) is 2.97. The highest BCUT2D eigenvalue weighted by Crippen LogP contribution is 2.19. The van der Waals surface area contributed by atoms with E-state index < -0.39 is 0 Å². The van der Waals surface area contributed by atoms with E-state index in [0.717, 1.165) is 18.8 Å². The Hall–Kier alpha value is -1.25. The van der Waals surface area contributed by atoms with Crippen LogP contribution in [-0.4, -0.2) is 18.1 Å². The molecule has 1 saturated heterocycles. The van der Waals surface area contributed by atoms with Crippen molar-refractivity contribution in [3.8, 4) is 0 Å². The van der Waals surface area contributed by atoms with Crippen molar-refractivity contribution in [1.82, 2.24) is 4.98 Å². The molecule has 0 amide bonds. The molecule has 0 atom stereocenters. The predicted molar refractivity (Wildman–Crippen MR) is 63.9 cm³/mol. The highest BCUT2D eigenvalue weighted by atomic mass is 15.1. The molecule has 0 saturated carbocycles. The number of hydrogen-bond acceptors (Lipinski definition) is 3. The monoisotopic (exact) mass is 205 g/mol. The number of anilines is 2. The van der Waals surface area contributed by atoms with E-state index in [4.69, 9.17) is 5.73 Å². The van der Waals surface area contributed by atoms with Gasteiger partial charge in [-0.2, -0.15) is 0 Å². The van der Waals surface area contributed by atoms with Crippen molar-refractivity contribution >= 4 is 11.4 Å². The van der Waals surface area contributed by atoms with E-state index in [1.165, 1.54) is 37.8 Å². The summed E-state index contributed by atoms with van der Waals surface area (Å²) < 4.78 is 0. The first-order valence-corrected chi connectivity index (χ1v) is 5.82. The van der Waals surface area contributed by atoms with Crippen molar-refractivity contribution in [2.24, 2.45) is 0 Å². The molecule has 2 N–H and O–H groups in total. The average molecular weight is 205 g/mol. The summed E-state index contributed by atoms with van der Waals surface area (Å²) in [7, 11) is 0. The number of nitrogen functional groups attached to an aromatic ring is 1. The number of nitrogens with zero attached hydrogens (tertiary/aromatic N) is 2.